The SMILES string of the molecule is OCC1(NCc2cccc(Cl)c2)CC1. The van der Waals surface area contributed by atoms with E-state index >= 15 is 0 Å². The number of benzene rings is 1. The van der Waals surface area contributed by atoms with Crippen molar-refractivity contribution in [2.24, 2.45) is 0 Å². The largest absolute Gasteiger partial charge is 0.394 e. The molecule has 2 nitrogen and oxygen atoms in total. The van der Waals surface area contributed by atoms with Gasteiger partial charge in [-0.2, -0.15) is 0 Å². The monoisotopic (exact) mass is 211 g/mol. The zero-order chi connectivity index (χ0) is 10.0. The minimum Gasteiger partial charge on any atom is -0.394 e. The van der Waals surface area contributed by atoms with E-state index in [1.54, 1.807) is 0 Å². The molecular formula is C11H14ClNO. The van der Waals surface area contributed by atoms with E-state index in [1.165, 1.54) is 0 Å². The summed E-state index contributed by atoms with van der Waals surface area (Å²) in [5.41, 5.74) is 1.17. The van der Waals surface area contributed by atoms with Gasteiger partial charge < -0.3 is 10.4 Å². The summed E-state index contributed by atoms with van der Waals surface area (Å²) in [5.74, 6) is 0. The van der Waals surface area contributed by atoms with Crippen LogP contribution in [0.4, 0.5) is 0 Å². The molecule has 1 aliphatic carbocycles. The molecule has 2 rings (SSSR count). The summed E-state index contributed by atoms with van der Waals surface area (Å²) in [6, 6.07) is 7.79. The number of nitrogens with one attached hydrogen (secondary N) is 1. The van der Waals surface area contributed by atoms with Crippen molar-refractivity contribution in [3.05, 3.63) is 34.9 Å². The highest BCUT2D eigenvalue weighted by molar-refractivity contribution is 6.30. The Morgan fingerprint density at radius 2 is 2.21 bits per heavy atom. The second kappa shape index (κ2) is 3.89. The van der Waals surface area contributed by atoms with Crippen molar-refractivity contribution in [3.63, 3.8) is 0 Å². The smallest absolute Gasteiger partial charge is 0.0613 e. The molecule has 14 heavy (non-hydrogen) atoms. The van der Waals surface area contributed by atoms with Gasteiger partial charge in [-0.25, -0.2) is 0 Å². The average molecular weight is 212 g/mol. The Labute approximate surface area is 88.9 Å². The first kappa shape index (κ1) is 9.97. The summed E-state index contributed by atoms with van der Waals surface area (Å²) in [6.07, 6.45) is 2.15. The zero-order valence-electron chi connectivity index (χ0n) is 7.96. The van der Waals surface area contributed by atoms with E-state index in [4.69, 9.17) is 16.7 Å². The summed E-state index contributed by atoms with van der Waals surface area (Å²) in [4.78, 5) is 0. The predicted octanol–water partition coefficient (Wildman–Crippen LogP) is 1.95. The second-order valence-electron chi connectivity index (χ2n) is 3.92. The number of halogens is 1. The molecule has 0 radical (unpaired) electrons. The third-order valence-corrected chi connectivity index (χ3v) is 2.95. The number of hydrogen-bond donors (Lipinski definition) is 2. The number of aliphatic hydroxyl groups is 1. The summed E-state index contributed by atoms with van der Waals surface area (Å²) < 4.78 is 0. The van der Waals surface area contributed by atoms with Gasteiger partial charge >= 0.3 is 0 Å². The van der Waals surface area contributed by atoms with Gasteiger partial charge in [-0.1, -0.05) is 23.7 Å². The Morgan fingerprint density at radius 1 is 1.43 bits per heavy atom. The topological polar surface area (TPSA) is 32.3 Å². The van der Waals surface area contributed by atoms with E-state index in [1.807, 2.05) is 24.3 Å². The first-order chi connectivity index (χ1) is 6.74. The number of rotatable bonds is 4. The fourth-order valence-corrected chi connectivity index (χ4v) is 1.69. The third kappa shape index (κ3) is 2.27. The average Bonchev–Trinajstić information content (AvgIpc) is 2.96. The van der Waals surface area contributed by atoms with E-state index in [9.17, 15) is 0 Å². The Balaban J connectivity index is 1.92. The lowest BCUT2D eigenvalue weighted by Gasteiger charge is -2.13. The molecule has 1 aromatic carbocycles. The maximum absolute atomic E-state index is 9.10. The van der Waals surface area contributed by atoms with Gasteiger partial charge in [-0.3, -0.25) is 0 Å². The highest BCUT2D eigenvalue weighted by Gasteiger charge is 2.41. The van der Waals surface area contributed by atoms with E-state index < -0.39 is 0 Å². The fraction of sp³-hybridized carbons (Fsp3) is 0.455. The van der Waals surface area contributed by atoms with Gasteiger partial charge in [0.2, 0.25) is 0 Å². The zero-order valence-corrected chi connectivity index (χ0v) is 8.72. The summed E-state index contributed by atoms with van der Waals surface area (Å²) in [7, 11) is 0. The molecule has 0 saturated heterocycles. The second-order valence-corrected chi connectivity index (χ2v) is 4.36. The van der Waals surface area contributed by atoms with Crippen LogP contribution in [0.15, 0.2) is 24.3 Å². The molecule has 1 aromatic rings. The van der Waals surface area contributed by atoms with Crippen LogP contribution in [0.1, 0.15) is 18.4 Å². The highest BCUT2D eigenvalue weighted by Crippen LogP contribution is 2.34. The van der Waals surface area contributed by atoms with Crippen LogP contribution in [0.3, 0.4) is 0 Å². The quantitative estimate of drug-likeness (QED) is 0.798. The Morgan fingerprint density at radius 3 is 2.79 bits per heavy atom. The van der Waals surface area contributed by atoms with Crippen LogP contribution >= 0.6 is 11.6 Å². The number of hydrogen-bond acceptors (Lipinski definition) is 2. The first-order valence-electron chi connectivity index (χ1n) is 4.84. The van der Waals surface area contributed by atoms with Crippen LogP contribution < -0.4 is 5.32 Å². The molecule has 0 aromatic heterocycles. The van der Waals surface area contributed by atoms with Crippen molar-refractivity contribution in [3.8, 4) is 0 Å². The molecular weight excluding hydrogens is 198 g/mol. The lowest BCUT2D eigenvalue weighted by atomic mass is 10.2. The maximum Gasteiger partial charge on any atom is 0.0613 e. The summed E-state index contributed by atoms with van der Waals surface area (Å²) in [6.45, 7) is 1.01. The predicted molar refractivity (Wildman–Crippen MR) is 57.3 cm³/mol. The van der Waals surface area contributed by atoms with Crippen LogP contribution in [0.5, 0.6) is 0 Å². The van der Waals surface area contributed by atoms with Crippen LogP contribution in [0.25, 0.3) is 0 Å². The van der Waals surface area contributed by atoms with E-state index in [2.05, 4.69) is 5.32 Å². The fourth-order valence-electron chi connectivity index (χ4n) is 1.48. The molecule has 76 valence electrons. The van der Waals surface area contributed by atoms with Crippen molar-refractivity contribution >= 4 is 11.6 Å². The van der Waals surface area contributed by atoms with Crippen molar-refractivity contribution in [2.75, 3.05) is 6.61 Å². The molecule has 0 spiro atoms. The van der Waals surface area contributed by atoms with Crippen LogP contribution in [-0.4, -0.2) is 17.3 Å². The van der Waals surface area contributed by atoms with Crippen molar-refractivity contribution in [2.45, 2.75) is 24.9 Å². The van der Waals surface area contributed by atoms with Crippen molar-refractivity contribution in [1.82, 2.24) is 5.32 Å². The molecule has 1 aliphatic rings. The lowest BCUT2D eigenvalue weighted by Crippen LogP contribution is -2.34. The summed E-state index contributed by atoms with van der Waals surface area (Å²) in [5, 5.41) is 13.2. The summed E-state index contributed by atoms with van der Waals surface area (Å²) >= 11 is 5.87. The molecule has 0 unspecified atom stereocenters. The highest BCUT2D eigenvalue weighted by atomic mass is 35.5. The molecule has 2 N–H and O–H groups in total. The van der Waals surface area contributed by atoms with Gasteiger partial charge in [-0.05, 0) is 30.5 Å². The first-order valence-corrected chi connectivity index (χ1v) is 5.22. The van der Waals surface area contributed by atoms with Crippen LogP contribution in [0.2, 0.25) is 5.02 Å². The molecule has 0 atom stereocenters. The molecule has 0 heterocycles. The Hall–Kier alpha value is -0.570. The third-order valence-electron chi connectivity index (χ3n) is 2.71. The molecule has 0 aliphatic heterocycles. The van der Waals surface area contributed by atoms with Gasteiger partial charge in [0.1, 0.15) is 0 Å². The van der Waals surface area contributed by atoms with E-state index in [0.29, 0.717) is 0 Å². The molecule has 0 amide bonds. The normalized spacial score (nSPS) is 18.1. The van der Waals surface area contributed by atoms with Crippen molar-refractivity contribution in [1.29, 1.82) is 0 Å². The van der Waals surface area contributed by atoms with Crippen LogP contribution in [-0.2, 0) is 6.54 Å². The van der Waals surface area contributed by atoms with Crippen molar-refractivity contribution < 1.29 is 5.11 Å². The lowest BCUT2D eigenvalue weighted by molar-refractivity contribution is 0.229. The maximum atomic E-state index is 9.10. The van der Waals surface area contributed by atoms with E-state index in [0.717, 1.165) is 30.0 Å². The van der Waals surface area contributed by atoms with E-state index in [-0.39, 0.29) is 12.1 Å². The van der Waals surface area contributed by atoms with Gasteiger partial charge in [0, 0.05) is 17.1 Å². The minimum atomic E-state index is 0.00230. The molecule has 1 saturated carbocycles. The van der Waals surface area contributed by atoms with Gasteiger partial charge in [0.25, 0.3) is 0 Å². The Bertz CT molecular complexity index is 323. The standard InChI is InChI=1S/C11H14ClNO/c12-10-3-1-2-9(6-10)7-13-11(8-14)4-5-11/h1-3,6,13-14H,4-5,7-8H2. The van der Waals surface area contributed by atoms with Gasteiger partial charge in [-0.15, -0.1) is 0 Å². The molecule has 1 fully saturated rings. The Kier molecular flexibility index (Phi) is 2.77. The van der Waals surface area contributed by atoms with Crippen LogP contribution in [0, 0.1) is 0 Å². The molecule has 0 bridgehead atoms. The van der Waals surface area contributed by atoms with Gasteiger partial charge in [0.05, 0.1) is 6.61 Å². The number of aliphatic hydroxyl groups excluding tert-OH is 1. The molecule has 3 heteroatoms. The van der Waals surface area contributed by atoms with Gasteiger partial charge in [0.15, 0.2) is 0 Å². The minimum absolute atomic E-state index is 0.00230.